The summed E-state index contributed by atoms with van der Waals surface area (Å²) in [6, 6.07) is 13.3. The topological polar surface area (TPSA) is 34.1 Å². The first kappa shape index (κ1) is 18.6. The maximum atomic E-state index is 6.07. The first-order chi connectivity index (χ1) is 13.2. The smallest absolute Gasteiger partial charge is 0.143 e. The average Bonchev–Trinajstić information content (AvgIpc) is 2.71. The lowest BCUT2D eigenvalue weighted by atomic mass is 9.86. The number of para-hydroxylation sites is 1. The minimum Gasteiger partial charge on any atom is -0.488 e. The van der Waals surface area contributed by atoms with Crippen LogP contribution in [0.5, 0.6) is 5.75 Å². The predicted molar refractivity (Wildman–Crippen MR) is 109 cm³/mol. The Kier molecular flexibility index (Phi) is 5.86. The molecule has 0 spiro atoms. The molecule has 1 atom stereocenters. The summed E-state index contributed by atoms with van der Waals surface area (Å²) in [6.45, 7) is 3.78. The van der Waals surface area contributed by atoms with Gasteiger partial charge >= 0.3 is 0 Å². The number of rotatable bonds is 6. The molecule has 0 aromatic heterocycles. The molecule has 0 saturated carbocycles. The number of hydrogen-bond donors (Lipinski definition) is 0. The molecule has 3 saturated heterocycles. The molecule has 0 N–H and O–H groups in total. The van der Waals surface area contributed by atoms with E-state index in [-0.39, 0.29) is 6.10 Å². The minimum absolute atomic E-state index is 0.202. The molecule has 0 amide bonds. The van der Waals surface area contributed by atoms with E-state index in [0.29, 0.717) is 22.6 Å². The van der Waals surface area contributed by atoms with Crippen molar-refractivity contribution in [1.29, 1.82) is 0 Å². The lowest BCUT2D eigenvalue weighted by Crippen LogP contribution is -2.50. The van der Waals surface area contributed by atoms with Crippen LogP contribution in [0.25, 0.3) is 0 Å². The molecule has 4 nitrogen and oxygen atoms in total. The van der Waals surface area contributed by atoms with Crippen LogP contribution in [0.4, 0.5) is 0 Å². The molecule has 5 rings (SSSR count). The fraction of sp³-hybridized carbons (Fsp3) is 0.381. The highest BCUT2D eigenvalue weighted by Crippen LogP contribution is 2.29. The van der Waals surface area contributed by atoms with Crippen LogP contribution in [0.2, 0.25) is 10.0 Å². The summed E-state index contributed by atoms with van der Waals surface area (Å²) in [6.07, 6.45) is 4.36. The molecule has 3 heterocycles. The van der Waals surface area contributed by atoms with Gasteiger partial charge in [-0.05, 0) is 55.8 Å². The highest BCUT2D eigenvalue weighted by molar-refractivity contribution is 6.42. The van der Waals surface area contributed by atoms with Crippen molar-refractivity contribution in [3.63, 3.8) is 0 Å². The molecule has 6 heteroatoms. The normalized spacial score (nSPS) is 24.3. The maximum Gasteiger partial charge on any atom is 0.143 e. The Morgan fingerprint density at radius 1 is 1.07 bits per heavy atom. The van der Waals surface area contributed by atoms with Crippen molar-refractivity contribution >= 4 is 29.4 Å². The summed E-state index contributed by atoms with van der Waals surface area (Å²) in [7, 11) is 0. The molecule has 3 fully saturated rings. The molecule has 1 unspecified atom stereocenters. The second-order valence-corrected chi connectivity index (χ2v) is 7.91. The van der Waals surface area contributed by atoms with E-state index in [1.807, 2.05) is 36.4 Å². The third-order valence-corrected chi connectivity index (χ3v) is 6.02. The van der Waals surface area contributed by atoms with Gasteiger partial charge in [-0.3, -0.25) is 4.90 Å². The standard InChI is InChI=1S/C21H22Cl2N2O2/c22-18-6-5-15(11-19(18)23)14-26-20-4-2-1-3-17(20)12-24-27-21-13-25-9-7-16(21)8-10-25/h1-6,11-12,16,21H,7-10,13-14H2. The average molecular weight is 405 g/mol. The van der Waals surface area contributed by atoms with E-state index in [1.165, 1.54) is 25.9 Å². The number of nitrogens with zero attached hydrogens (tertiary/aromatic N) is 2. The van der Waals surface area contributed by atoms with Crippen molar-refractivity contribution in [2.75, 3.05) is 19.6 Å². The number of halogens is 2. The van der Waals surface area contributed by atoms with E-state index in [9.17, 15) is 0 Å². The molecule has 2 aromatic rings. The lowest BCUT2D eigenvalue weighted by Gasteiger charge is -2.42. The number of fused-ring (bicyclic) bond motifs is 3. The Hall–Kier alpha value is -1.75. The van der Waals surface area contributed by atoms with Crippen LogP contribution in [-0.2, 0) is 11.4 Å². The van der Waals surface area contributed by atoms with E-state index in [0.717, 1.165) is 23.4 Å². The van der Waals surface area contributed by atoms with Crippen LogP contribution >= 0.6 is 23.2 Å². The summed E-state index contributed by atoms with van der Waals surface area (Å²) in [5, 5.41) is 5.32. The third-order valence-electron chi connectivity index (χ3n) is 5.28. The number of oxime groups is 1. The molecule has 0 radical (unpaired) electrons. The summed E-state index contributed by atoms with van der Waals surface area (Å²) in [5.74, 6) is 1.39. The van der Waals surface area contributed by atoms with Gasteiger partial charge < -0.3 is 9.57 Å². The van der Waals surface area contributed by atoms with Gasteiger partial charge in [0.15, 0.2) is 0 Å². The Morgan fingerprint density at radius 2 is 1.89 bits per heavy atom. The van der Waals surface area contributed by atoms with Gasteiger partial charge in [0.05, 0.1) is 16.3 Å². The van der Waals surface area contributed by atoms with Crippen LogP contribution in [-0.4, -0.2) is 36.9 Å². The summed E-state index contributed by atoms with van der Waals surface area (Å²) < 4.78 is 5.95. The maximum absolute atomic E-state index is 6.07. The summed E-state index contributed by atoms with van der Waals surface area (Å²) in [4.78, 5) is 8.26. The molecule has 3 aliphatic rings. The molecule has 142 valence electrons. The van der Waals surface area contributed by atoms with E-state index in [1.54, 1.807) is 12.3 Å². The molecule has 3 aliphatic heterocycles. The van der Waals surface area contributed by atoms with Gasteiger partial charge in [0, 0.05) is 18.0 Å². The van der Waals surface area contributed by atoms with E-state index >= 15 is 0 Å². The van der Waals surface area contributed by atoms with Gasteiger partial charge in [0.25, 0.3) is 0 Å². The van der Waals surface area contributed by atoms with Gasteiger partial charge in [-0.15, -0.1) is 0 Å². The zero-order chi connectivity index (χ0) is 18.6. The molecular formula is C21H22Cl2N2O2. The zero-order valence-electron chi connectivity index (χ0n) is 15.0. The van der Waals surface area contributed by atoms with Crippen LogP contribution in [0, 0.1) is 5.92 Å². The van der Waals surface area contributed by atoms with Gasteiger partial charge in [0.1, 0.15) is 18.5 Å². The zero-order valence-corrected chi connectivity index (χ0v) is 16.5. The first-order valence-electron chi connectivity index (χ1n) is 9.26. The van der Waals surface area contributed by atoms with Crippen molar-refractivity contribution in [1.82, 2.24) is 4.90 Å². The quantitative estimate of drug-likeness (QED) is 0.500. The van der Waals surface area contributed by atoms with Crippen LogP contribution in [0.15, 0.2) is 47.6 Å². The molecule has 2 bridgehead atoms. The van der Waals surface area contributed by atoms with Crippen molar-refractivity contribution in [2.45, 2.75) is 25.6 Å². The Bertz CT molecular complexity index is 820. The molecular weight excluding hydrogens is 383 g/mol. The second kappa shape index (κ2) is 8.51. The minimum atomic E-state index is 0.202. The lowest BCUT2D eigenvalue weighted by molar-refractivity contribution is -0.0675. The van der Waals surface area contributed by atoms with Crippen LogP contribution < -0.4 is 4.74 Å². The third kappa shape index (κ3) is 4.57. The molecule has 2 aromatic carbocycles. The van der Waals surface area contributed by atoms with Crippen LogP contribution in [0.1, 0.15) is 24.0 Å². The monoisotopic (exact) mass is 404 g/mol. The molecule has 0 aliphatic carbocycles. The van der Waals surface area contributed by atoms with Gasteiger partial charge in [0.2, 0.25) is 0 Å². The summed E-state index contributed by atoms with van der Waals surface area (Å²) in [5.41, 5.74) is 1.85. The first-order valence-corrected chi connectivity index (χ1v) is 10.0. The van der Waals surface area contributed by atoms with E-state index < -0.39 is 0 Å². The number of ether oxygens (including phenoxy) is 1. The Morgan fingerprint density at radius 3 is 2.63 bits per heavy atom. The largest absolute Gasteiger partial charge is 0.488 e. The highest BCUT2D eigenvalue weighted by Gasteiger charge is 2.35. The van der Waals surface area contributed by atoms with Gasteiger partial charge in [-0.1, -0.05) is 46.6 Å². The van der Waals surface area contributed by atoms with Crippen molar-refractivity contribution in [3.8, 4) is 5.75 Å². The predicted octanol–water partition coefficient (Wildman–Crippen LogP) is 5.02. The highest BCUT2D eigenvalue weighted by atomic mass is 35.5. The number of hydrogen-bond acceptors (Lipinski definition) is 4. The Balaban J connectivity index is 1.38. The fourth-order valence-electron chi connectivity index (χ4n) is 3.70. The second-order valence-electron chi connectivity index (χ2n) is 7.09. The SMILES string of the molecule is Clc1ccc(COc2ccccc2C=NOC2CN3CCC2CC3)cc1Cl. The van der Waals surface area contributed by atoms with E-state index in [4.69, 9.17) is 32.8 Å². The van der Waals surface area contributed by atoms with Gasteiger partial charge in [-0.2, -0.15) is 0 Å². The van der Waals surface area contributed by atoms with Crippen molar-refractivity contribution in [3.05, 3.63) is 63.6 Å². The van der Waals surface area contributed by atoms with Crippen LogP contribution in [0.3, 0.4) is 0 Å². The number of piperidine rings is 3. The number of benzene rings is 2. The Labute approximate surface area is 169 Å². The van der Waals surface area contributed by atoms with E-state index in [2.05, 4.69) is 10.1 Å². The fourth-order valence-corrected chi connectivity index (χ4v) is 4.03. The molecule has 27 heavy (non-hydrogen) atoms. The van der Waals surface area contributed by atoms with Crippen molar-refractivity contribution < 1.29 is 9.57 Å². The van der Waals surface area contributed by atoms with Gasteiger partial charge in [-0.25, -0.2) is 0 Å². The van der Waals surface area contributed by atoms with Crippen molar-refractivity contribution in [2.24, 2.45) is 11.1 Å². The summed E-state index contributed by atoms with van der Waals surface area (Å²) >= 11 is 12.0.